The van der Waals surface area contributed by atoms with Crippen molar-refractivity contribution in [3.8, 4) is 0 Å². The Morgan fingerprint density at radius 3 is 2.67 bits per heavy atom. The van der Waals surface area contributed by atoms with Crippen molar-refractivity contribution in [1.82, 2.24) is 0 Å². The standard InChI is InChI=1S/C13H21NO/c1-2-3-11-15-13(14)10-9-12-7-5-4-6-8-12/h4-8,13H,2-3,9-11,14H2,1H3. The SMILES string of the molecule is CCCCOC(N)CCc1ccccc1. The molecule has 0 saturated carbocycles. The van der Waals surface area contributed by atoms with E-state index in [0.29, 0.717) is 0 Å². The van der Waals surface area contributed by atoms with Crippen LogP contribution in [0, 0.1) is 0 Å². The summed E-state index contributed by atoms with van der Waals surface area (Å²) in [6.45, 7) is 2.94. The summed E-state index contributed by atoms with van der Waals surface area (Å²) in [5.74, 6) is 0. The van der Waals surface area contributed by atoms with Gasteiger partial charge in [0, 0.05) is 6.61 Å². The van der Waals surface area contributed by atoms with Crippen LogP contribution in [0.15, 0.2) is 30.3 Å². The Bertz CT molecular complexity index is 248. The molecule has 1 rings (SSSR count). The fourth-order valence-electron chi connectivity index (χ4n) is 1.42. The Kier molecular flexibility index (Phi) is 6.05. The molecule has 1 aromatic carbocycles. The van der Waals surface area contributed by atoms with Gasteiger partial charge in [0.1, 0.15) is 6.23 Å². The zero-order valence-corrected chi connectivity index (χ0v) is 9.49. The van der Waals surface area contributed by atoms with Crippen molar-refractivity contribution >= 4 is 0 Å². The molecule has 0 aromatic heterocycles. The first-order valence-corrected chi connectivity index (χ1v) is 5.74. The normalized spacial score (nSPS) is 12.7. The molecule has 1 unspecified atom stereocenters. The molecule has 0 radical (unpaired) electrons. The van der Waals surface area contributed by atoms with Crippen molar-refractivity contribution in [2.24, 2.45) is 5.73 Å². The van der Waals surface area contributed by atoms with E-state index < -0.39 is 0 Å². The summed E-state index contributed by atoms with van der Waals surface area (Å²) in [5, 5.41) is 0. The lowest BCUT2D eigenvalue weighted by Crippen LogP contribution is -2.24. The van der Waals surface area contributed by atoms with Crippen LogP contribution in [0.5, 0.6) is 0 Å². The molecule has 2 N–H and O–H groups in total. The number of rotatable bonds is 7. The van der Waals surface area contributed by atoms with Gasteiger partial charge in [0.2, 0.25) is 0 Å². The van der Waals surface area contributed by atoms with Crippen LogP contribution in [0.1, 0.15) is 31.7 Å². The van der Waals surface area contributed by atoms with Gasteiger partial charge in [-0.1, -0.05) is 43.7 Å². The second kappa shape index (κ2) is 7.43. The number of ether oxygens (including phenoxy) is 1. The maximum atomic E-state index is 5.84. The van der Waals surface area contributed by atoms with E-state index in [1.165, 1.54) is 5.56 Å². The molecule has 0 amide bonds. The first kappa shape index (κ1) is 12.2. The molecule has 0 bridgehead atoms. The molecule has 0 spiro atoms. The van der Waals surface area contributed by atoms with Crippen LogP contribution < -0.4 is 5.73 Å². The molecule has 0 aliphatic rings. The maximum Gasteiger partial charge on any atom is 0.105 e. The van der Waals surface area contributed by atoms with Gasteiger partial charge in [0.25, 0.3) is 0 Å². The molecule has 0 fully saturated rings. The van der Waals surface area contributed by atoms with E-state index in [1.54, 1.807) is 0 Å². The lowest BCUT2D eigenvalue weighted by atomic mass is 10.1. The molecule has 2 nitrogen and oxygen atoms in total. The van der Waals surface area contributed by atoms with Crippen molar-refractivity contribution in [1.29, 1.82) is 0 Å². The lowest BCUT2D eigenvalue weighted by molar-refractivity contribution is 0.0503. The smallest absolute Gasteiger partial charge is 0.105 e. The number of hydrogen-bond donors (Lipinski definition) is 1. The quantitative estimate of drug-likeness (QED) is 0.551. The van der Waals surface area contributed by atoms with Crippen LogP contribution in [-0.2, 0) is 11.2 Å². The van der Waals surface area contributed by atoms with E-state index in [2.05, 4.69) is 31.2 Å². The van der Waals surface area contributed by atoms with Crippen molar-refractivity contribution in [3.05, 3.63) is 35.9 Å². The summed E-state index contributed by atoms with van der Waals surface area (Å²) < 4.78 is 5.48. The number of benzene rings is 1. The van der Waals surface area contributed by atoms with Crippen LogP contribution in [0.2, 0.25) is 0 Å². The van der Waals surface area contributed by atoms with Crippen LogP contribution >= 0.6 is 0 Å². The third-order valence-electron chi connectivity index (χ3n) is 2.39. The minimum absolute atomic E-state index is 0.114. The molecule has 0 saturated heterocycles. The second-order valence-electron chi connectivity index (χ2n) is 3.79. The third kappa shape index (κ3) is 5.55. The van der Waals surface area contributed by atoms with Crippen molar-refractivity contribution < 1.29 is 4.74 Å². The zero-order valence-electron chi connectivity index (χ0n) is 9.49. The number of unbranched alkanes of at least 4 members (excludes halogenated alkanes) is 1. The number of aryl methyl sites for hydroxylation is 1. The molecule has 0 aliphatic carbocycles. The lowest BCUT2D eigenvalue weighted by Gasteiger charge is -2.12. The van der Waals surface area contributed by atoms with E-state index in [1.807, 2.05) is 6.07 Å². The molecular formula is C13H21NO. The molecule has 1 aromatic rings. The van der Waals surface area contributed by atoms with Crippen molar-refractivity contribution in [3.63, 3.8) is 0 Å². The van der Waals surface area contributed by atoms with Gasteiger partial charge in [-0.15, -0.1) is 0 Å². The van der Waals surface area contributed by atoms with E-state index in [0.717, 1.165) is 32.3 Å². The van der Waals surface area contributed by atoms with Gasteiger partial charge in [0.05, 0.1) is 0 Å². The molecule has 0 aliphatic heterocycles. The molecular weight excluding hydrogens is 186 g/mol. The van der Waals surface area contributed by atoms with E-state index in [4.69, 9.17) is 10.5 Å². The van der Waals surface area contributed by atoms with Crippen LogP contribution in [0.3, 0.4) is 0 Å². The average molecular weight is 207 g/mol. The predicted octanol–water partition coefficient (Wildman–Crippen LogP) is 2.72. The van der Waals surface area contributed by atoms with Crippen LogP contribution in [0.4, 0.5) is 0 Å². The van der Waals surface area contributed by atoms with Crippen LogP contribution in [0.25, 0.3) is 0 Å². The molecule has 15 heavy (non-hydrogen) atoms. The molecule has 2 heteroatoms. The molecule has 0 heterocycles. The van der Waals surface area contributed by atoms with Gasteiger partial charge in [-0.3, -0.25) is 0 Å². The first-order chi connectivity index (χ1) is 7.33. The highest BCUT2D eigenvalue weighted by Crippen LogP contribution is 2.05. The Morgan fingerprint density at radius 2 is 2.00 bits per heavy atom. The Morgan fingerprint density at radius 1 is 1.27 bits per heavy atom. The van der Waals surface area contributed by atoms with Gasteiger partial charge >= 0.3 is 0 Å². The fourth-order valence-corrected chi connectivity index (χ4v) is 1.42. The monoisotopic (exact) mass is 207 g/mol. The summed E-state index contributed by atoms with van der Waals surface area (Å²) in [4.78, 5) is 0. The summed E-state index contributed by atoms with van der Waals surface area (Å²) in [5.41, 5.74) is 7.17. The minimum Gasteiger partial charge on any atom is -0.364 e. The highest BCUT2D eigenvalue weighted by molar-refractivity contribution is 5.14. The number of hydrogen-bond acceptors (Lipinski definition) is 2. The summed E-state index contributed by atoms with van der Waals surface area (Å²) in [6.07, 6.45) is 4.03. The van der Waals surface area contributed by atoms with Gasteiger partial charge < -0.3 is 10.5 Å². The first-order valence-electron chi connectivity index (χ1n) is 5.74. The second-order valence-corrected chi connectivity index (χ2v) is 3.79. The van der Waals surface area contributed by atoms with Crippen LogP contribution in [-0.4, -0.2) is 12.8 Å². The zero-order chi connectivity index (χ0) is 10.9. The highest BCUT2D eigenvalue weighted by atomic mass is 16.5. The van der Waals surface area contributed by atoms with Gasteiger partial charge in [-0.05, 0) is 24.8 Å². The predicted molar refractivity (Wildman–Crippen MR) is 63.6 cm³/mol. The fraction of sp³-hybridized carbons (Fsp3) is 0.538. The van der Waals surface area contributed by atoms with E-state index >= 15 is 0 Å². The van der Waals surface area contributed by atoms with E-state index in [9.17, 15) is 0 Å². The summed E-state index contributed by atoms with van der Waals surface area (Å²) in [7, 11) is 0. The minimum atomic E-state index is -0.114. The van der Waals surface area contributed by atoms with Gasteiger partial charge in [-0.2, -0.15) is 0 Å². The maximum absolute atomic E-state index is 5.84. The van der Waals surface area contributed by atoms with E-state index in [-0.39, 0.29) is 6.23 Å². The Labute approximate surface area is 92.4 Å². The van der Waals surface area contributed by atoms with Gasteiger partial charge in [0.15, 0.2) is 0 Å². The molecule has 84 valence electrons. The average Bonchev–Trinajstić information content (AvgIpc) is 2.28. The summed E-state index contributed by atoms with van der Waals surface area (Å²) in [6, 6.07) is 10.4. The Balaban J connectivity index is 2.14. The van der Waals surface area contributed by atoms with Gasteiger partial charge in [-0.25, -0.2) is 0 Å². The largest absolute Gasteiger partial charge is 0.364 e. The summed E-state index contributed by atoms with van der Waals surface area (Å²) >= 11 is 0. The van der Waals surface area contributed by atoms with Crippen molar-refractivity contribution in [2.45, 2.75) is 38.8 Å². The number of nitrogens with two attached hydrogens (primary N) is 1. The Hall–Kier alpha value is -0.860. The highest BCUT2D eigenvalue weighted by Gasteiger charge is 2.02. The van der Waals surface area contributed by atoms with Crippen molar-refractivity contribution in [2.75, 3.05) is 6.61 Å². The topological polar surface area (TPSA) is 35.2 Å². The third-order valence-corrected chi connectivity index (χ3v) is 2.39. The molecule has 1 atom stereocenters.